The van der Waals surface area contributed by atoms with Crippen LogP contribution in [-0.4, -0.2) is 42.5 Å². The third-order valence-electron chi connectivity index (χ3n) is 4.61. The highest BCUT2D eigenvalue weighted by Gasteiger charge is 2.35. The molecule has 2 aliphatic heterocycles. The Balaban J connectivity index is 0.00000192. The molecule has 7 heteroatoms. The fraction of sp³-hybridized carbons (Fsp3) is 0.562. The number of carbonyl (C=O) groups is 1. The summed E-state index contributed by atoms with van der Waals surface area (Å²) in [4.78, 5) is 14.1. The number of nitrogens with zero attached hydrogens (tertiary/aromatic N) is 1. The molecule has 2 fully saturated rings. The maximum Gasteiger partial charge on any atom is 0.238 e. The summed E-state index contributed by atoms with van der Waals surface area (Å²) < 4.78 is 26.2. The van der Waals surface area contributed by atoms with Crippen LogP contribution in [0.5, 0.6) is 0 Å². The normalized spacial score (nSPS) is 26.0. The van der Waals surface area contributed by atoms with Crippen LogP contribution in [0.25, 0.3) is 0 Å². The molecular weight excluding hydrogens is 324 g/mol. The molecule has 0 spiro atoms. The molecule has 0 aliphatic carbocycles. The molecule has 23 heavy (non-hydrogen) atoms. The van der Waals surface area contributed by atoms with Crippen molar-refractivity contribution in [3.63, 3.8) is 0 Å². The Labute approximate surface area is 141 Å². The molecule has 2 aliphatic rings. The van der Waals surface area contributed by atoms with E-state index < -0.39 is 11.6 Å². The van der Waals surface area contributed by atoms with Gasteiger partial charge in [-0.05, 0) is 44.9 Å². The molecule has 0 aromatic heterocycles. The first-order chi connectivity index (χ1) is 10.5. The third kappa shape index (κ3) is 4.62. The molecule has 2 bridgehead atoms. The van der Waals surface area contributed by atoms with E-state index in [4.69, 9.17) is 0 Å². The minimum Gasteiger partial charge on any atom is -0.325 e. The van der Waals surface area contributed by atoms with Crippen LogP contribution < -0.4 is 10.6 Å². The van der Waals surface area contributed by atoms with Crippen LogP contribution in [0.2, 0.25) is 0 Å². The van der Waals surface area contributed by atoms with E-state index >= 15 is 0 Å². The molecule has 4 nitrogen and oxygen atoms in total. The van der Waals surface area contributed by atoms with Crippen LogP contribution in [0.3, 0.4) is 0 Å². The van der Waals surface area contributed by atoms with Crippen LogP contribution in [0, 0.1) is 11.6 Å². The maximum atomic E-state index is 13.1. The minimum absolute atomic E-state index is 0. The Hall–Kier alpha value is -1.24. The van der Waals surface area contributed by atoms with Crippen molar-refractivity contribution in [1.82, 2.24) is 10.2 Å². The molecule has 2 unspecified atom stereocenters. The number of piperidine rings is 1. The molecule has 2 saturated heterocycles. The smallest absolute Gasteiger partial charge is 0.238 e. The number of halogens is 3. The lowest BCUT2D eigenvalue weighted by atomic mass is 9.98. The first kappa shape index (κ1) is 18.1. The van der Waals surface area contributed by atoms with E-state index in [1.807, 2.05) is 11.9 Å². The average molecular weight is 346 g/mol. The van der Waals surface area contributed by atoms with E-state index in [9.17, 15) is 13.6 Å². The fourth-order valence-electron chi connectivity index (χ4n) is 3.57. The van der Waals surface area contributed by atoms with Crippen LogP contribution in [0.15, 0.2) is 18.2 Å². The third-order valence-corrected chi connectivity index (χ3v) is 4.61. The van der Waals surface area contributed by atoms with E-state index in [1.165, 1.54) is 12.8 Å². The van der Waals surface area contributed by atoms with Gasteiger partial charge in [-0.15, -0.1) is 12.4 Å². The van der Waals surface area contributed by atoms with Gasteiger partial charge in [0.1, 0.15) is 11.6 Å². The van der Waals surface area contributed by atoms with Crippen molar-refractivity contribution in [3.05, 3.63) is 29.8 Å². The number of hydrogen-bond donors (Lipinski definition) is 2. The lowest BCUT2D eigenvalue weighted by Gasteiger charge is -2.35. The Morgan fingerprint density at radius 2 is 1.78 bits per heavy atom. The van der Waals surface area contributed by atoms with Gasteiger partial charge in [0.05, 0.1) is 6.54 Å². The topological polar surface area (TPSA) is 44.4 Å². The van der Waals surface area contributed by atoms with Gasteiger partial charge < -0.3 is 10.6 Å². The Kier molecular flexibility index (Phi) is 5.95. The monoisotopic (exact) mass is 345 g/mol. The first-order valence-electron chi connectivity index (χ1n) is 7.72. The summed E-state index contributed by atoms with van der Waals surface area (Å²) in [6.07, 6.45) is 4.53. The molecular formula is C16H22ClF2N3O. The molecule has 128 valence electrons. The number of likely N-dealkylation sites (N-methyl/N-ethyl adjacent to an activating group) is 1. The lowest BCUT2D eigenvalue weighted by molar-refractivity contribution is -0.117. The van der Waals surface area contributed by atoms with Crippen LogP contribution >= 0.6 is 12.4 Å². The fourth-order valence-corrected chi connectivity index (χ4v) is 3.57. The summed E-state index contributed by atoms with van der Waals surface area (Å²) in [5, 5.41) is 6.13. The second kappa shape index (κ2) is 7.55. The van der Waals surface area contributed by atoms with Crippen molar-refractivity contribution in [2.45, 2.75) is 43.8 Å². The van der Waals surface area contributed by atoms with Crippen molar-refractivity contribution in [3.8, 4) is 0 Å². The maximum absolute atomic E-state index is 13.1. The SMILES string of the molecule is CN(CC(=O)Nc1cc(F)cc(F)c1)C1CC2CCC(C1)N2.Cl. The molecule has 2 N–H and O–H groups in total. The quantitative estimate of drug-likeness (QED) is 0.881. The number of fused-ring (bicyclic) bond motifs is 2. The number of rotatable bonds is 4. The van der Waals surface area contributed by atoms with Crippen molar-refractivity contribution < 1.29 is 13.6 Å². The summed E-state index contributed by atoms with van der Waals surface area (Å²) in [6, 6.07) is 4.52. The van der Waals surface area contributed by atoms with Gasteiger partial charge in [-0.3, -0.25) is 9.69 Å². The van der Waals surface area contributed by atoms with E-state index in [0.29, 0.717) is 18.1 Å². The van der Waals surface area contributed by atoms with E-state index in [-0.39, 0.29) is 30.5 Å². The van der Waals surface area contributed by atoms with Gasteiger partial charge in [0.15, 0.2) is 0 Å². The predicted octanol–water partition coefficient (Wildman–Crippen LogP) is 2.54. The molecule has 2 heterocycles. The van der Waals surface area contributed by atoms with Gasteiger partial charge in [-0.2, -0.15) is 0 Å². The molecule has 1 aromatic rings. The minimum atomic E-state index is -0.696. The predicted molar refractivity (Wildman–Crippen MR) is 87.8 cm³/mol. The van der Waals surface area contributed by atoms with E-state index in [1.54, 1.807) is 0 Å². The molecule has 0 radical (unpaired) electrons. The van der Waals surface area contributed by atoms with Crippen molar-refractivity contribution in [1.29, 1.82) is 0 Å². The van der Waals surface area contributed by atoms with Gasteiger partial charge in [0, 0.05) is 29.9 Å². The number of benzene rings is 1. The van der Waals surface area contributed by atoms with Crippen LogP contribution in [-0.2, 0) is 4.79 Å². The number of carbonyl (C=O) groups excluding carboxylic acids is 1. The van der Waals surface area contributed by atoms with Crippen molar-refractivity contribution >= 4 is 24.0 Å². The summed E-state index contributed by atoms with van der Waals surface area (Å²) in [6.45, 7) is 0.224. The first-order valence-corrected chi connectivity index (χ1v) is 7.72. The van der Waals surface area contributed by atoms with Crippen LogP contribution in [0.1, 0.15) is 25.7 Å². The highest BCUT2D eigenvalue weighted by atomic mass is 35.5. The molecule has 1 amide bonds. The van der Waals surface area contributed by atoms with Crippen molar-refractivity contribution in [2.24, 2.45) is 0 Å². The Morgan fingerprint density at radius 3 is 2.35 bits per heavy atom. The zero-order valence-corrected chi connectivity index (χ0v) is 13.8. The highest BCUT2D eigenvalue weighted by Crippen LogP contribution is 2.29. The molecule has 2 atom stereocenters. The largest absolute Gasteiger partial charge is 0.325 e. The second-order valence-corrected chi connectivity index (χ2v) is 6.38. The lowest BCUT2D eigenvalue weighted by Crippen LogP contribution is -2.48. The van der Waals surface area contributed by atoms with Gasteiger partial charge >= 0.3 is 0 Å². The van der Waals surface area contributed by atoms with Gasteiger partial charge in [0.2, 0.25) is 5.91 Å². The number of anilines is 1. The molecule has 3 rings (SSSR count). The van der Waals surface area contributed by atoms with Gasteiger partial charge in [-0.25, -0.2) is 8.78 Å². The average Bonchev–Trinajstić information content (AvgIpc) is 2.75. The Morgan fingerprint density at radius 1 is 1.22 bits per heavy atom. The highest BCUT2D eigenvalue weighted by molar-refractivity contribution is 5.92. The summed E-state index contributed by atoms with van der Waals surface area (Å²) in [5.74, 6) is -1.64. The molecule has 0 saturated carbocycles. The van der Waals surface area contributed by atoms with E-state index in [2.05, 4.69) is 10.6 Å². The van der Waals surface area contributed by atoms with Crippen molar-refractivity contribution in [2.75, 3.05) is 18.9 Å². The zero-order valence-electron chi connectivity index (χ0n) is 13.0. The van der Waals surface area contributed by atoms with Crippen LogP contribution in [0.4, 0.5) is 14.5 Å². The van der Waals surface area contributed by atoms with Gasteiger partial charge in [-0.1, -0.05) is 0 Å². The zero-order chi connectivity index (χ0) is 15.7. The number of nitrogens with one attached hydrogen (secondary N) is 2. The number of hydrogen-bond acceptors (Lipinski definition) is 3. The number of amides is 1. The summed E-state index contributed by atoms with van der Waals surface area (Å²) in [7, 11) is 1.93. The standard InChI is InChI=1S/C16H21F2N3O.ClH/c1-21(15-7-12-2-3-13(8-15)19-12)9-16(22)20-14-5-10(17)4-11(18)6-14;/h4-6,12-13,15,19H,2-3,7-9H2,1H3,(H,20,22);1H. The molecule has 1 aromatic carbocycles. The second-order valence-electron chi connectivity index (χ2n) is 6.38. The summed E-state index contributed by atoms with van der Waals surface area (Å²) in [5.41, 5.74) is 0.154. The summed E-state index contributed by atoms with van der Waals surface area (Å²) >= 11 is 0. The van der Waals surface area contributed by atoms with E-state index in [0.717, 1.165) is 31.0 Å². The Bertz CT molecular complexity index is 540. The van der Waals surface area contributed by atoms with Gasteiger partial charge in [0.25, 0.3) is 0 Å².